The van der Waals surface area contributed by atoms with Gasteiger partial charge in [0, 0.05) is 6.04 Å². The van der Waals surface area contributed by atoms with Crippen molar-refractivity contribution in [1.29, 1.82) is 0 Å². The number of rotatable bonds is 6. The van der Waals surface area contributed by atoms with Crippen molar-refractivity contribution in [1.82, 2.24) is 14.7 Å². The van der Waals surface area contributed by atoms with Crippen LogP contribution in [0.2, 0.25) is 0 Å². The monoisotopic (exact) mass is 279 g/mol. The Labute approximate surface area is 113 Å². The quantitative estimate of drug-likeness (QED) is 0.845. The molecule has 2 N–H and O–H groups in total. The number of aromatic nitrogens is 2. The summed E-state index contributed by atoms with van der Waals surface area (Å²) < 4.78 is 26.5. The van der Waals surface area contributed by atoms with Crippen molar-refractivity contribution in [3.05, 3.63) is 48.4 Å². The molecule has 0 radical (unpaired) electrons. The molecular weight excluding hydrogens is 262 g/mol. The van der Waals surface area contributed by atoms with Crippen molar-refractivity contribution >= 4 is 10.0 Å². The molecule has 0 spiro atoms. The van der Waals surface area contributed by atoms with Gasteiger partial charge in [0.1, 0.15) is 0 Å². The molecule has 1 unspecified atom stereocenters. The van der Waals surface area contributed by atoms with Crippen LogP contribution in [0.25, 0.3) is 0 Å². The molecule has 0 saturated heterocycles. The highest BCUT2D eigenvalue weighted by atomic mass is 32.2. The lowest BCUT2D eigenvalue weighted by Crippen LogP contribution is -2.33. The van der Waals surface area contributed by atoms with Gasteiger partial charge in [0.15, 0.2) is 5.03 Å². The molecule has 0 aliphatic heterocycles. The molecule has 0 fully saturated rings. The van der Waals surface area contributed by atoms with E-state index in [9.17, 15) is 8.42 Å². The predicted octanol–water partition coefficient (Wildman–Crippen LogP) is 1.71. The van der Waals surface area contributed by atoms with E-state index in [0.717, 1.165) is 12.8 Å². The maximum Gasteiger partial charge on any atom is 0.257 e. The van der Waals surface area contributed by atoms with Crippen LogP contribution in [0.1, 0.15) is 18.9 Å². The predicted molar refractivity (Wildman–Crippen MR) is 73.1 cm³/mol. The van der Waals surface area contributed by atoms with E-state index in [-0.39, 0.29) is 11.1 Å². The largest absolute Gasteiger partial charge is 0.335 e. The van der Waals surface area contributed by atoms with E-state index in [1.165, 1.54) is 18.1 Å². The molecule has 1 atom stereocenters. The fourth-order valence-corrected chi connectivity index (χ4v) is 2.99. The number of nitrogens with zero attached hydrogens (tertiary/aromatic N) is 1. The molecule has 0 aliphatic rings. The van der Waals surface area contributed by atoms with Crippen LogP contribution in [0.5, 0.6) is 0 Å². The molecule has 0 bridgehead atoms. The van der Waals surface area contributed by atoms with Crippen LogP contribution in [0.4, 0.5) is 0 Å². The van der Waals surface area contributed by atoms with E-state index in [2.05, 4.69) is 14.7 Å². The van der Waals surface area contributed by atoms with Crippen molar-refractivity contribution < 1.29 is 8.42 Å². The molecule has 19 heavy (non-hydrogen) atoms. The number of benzene rings is 1. The third kappa shape index (κ3) is 3.90. The average molecular weight is 279 g/mol. The fraction of sp³-hybridized carbons (Fsp3) is 0.308. The van der Waals surface area contributed by atoms with Crippen LogP contribution in [-0.4, -0.2) is 24.4 Å². The number of hydrogen-bond donors (Lipinski definition) is 2. The topological polar surface area (TPSA) is 74.8 Å². The zero-order chi connectivity index (χ0) is 13.7. The number of aromatic amines is 1. The number of aryl methyl sites for hydroxylation is 1. The molecule has 6 heteroatoms. The maximum atomic E-state index is 11.9. The summed E-state index contributed by atoms with van der Waals surface area (Å²) in [6.45, 7) is 1.86. The summed E-state index contributed by atoms with van der Waals surface area (Å²) >= 11 is 0. The summed E-state index contributed by atoms with van der Waals surface area (Å²) in [5.74, 6) is 0. The highest BCUT2D eigenvalue weighted by Crippen LogP contribution is 2.08. The molecule has 1 aromatic heterocycles. The summed E-state index contributed by atoms with van der Waals surface area (Å²) in [5.41, 5.74) is 1.20. The first-order valence-electron chi connectivity index (χ1n) is 6.12. The first-order chi connectivity index (χ1) is 9.08. The highest BCUT2D eigenvalue weighted by Gasteiger charge is 2.18. The lowest BCUT2D eigenvalue weighted by Gasteiger charge is -2.13. The van der Waals surface area contributed by atoms with Crippen LogP contribution >= 0.6 is 0 Å². The van der Waals surface area contributed by atoms with E-state index >= 15 is 0 Å². The zero-order valence-electron chi connectivity index (χ0n) is 10.7. The van der Waals surface area contributed by atoms with Gasteiger partial charge in [-0.2, -0.15) is 0 Å². The fourth-order valence-electron chi connectivity index (χ4n) is 1.81. The van der Waals surface area contributed by atoms with Gasteiger partial charge in [0.05, 0.1) is 12.5 Å². The first-order valence-corrected chi connectivity index (χ1v) is 7.61. The molecule has 0 saturated carbocycles. The standard InChI is InChI=1S/C13H17N3O2S/c1-11(7-8-12-5-3-2-4-6-12)16-19(17,18)13-9-14-10-15-13/h2-6,9-11,16H,7-8H2,1H3,(H,14,15). The van der Waals surface area contributed by atoms with E-state index in [1.807, 2.05) is 37.3 Å². The molecule has 0 aliphatic carbocycles. The van der Waals surface area contributed by atoms with Crippen molar-refractivity contribution in [2.75, 3.05) is 0 Å². The number of H-pyrrole nitrogens is 1. The minimum Gasteiger partial charge on any atom is -0.335 e. The molecule has 0 amide bonds. The van der Waals surface area contributed by atoms with Gasteiger partial charge < -0.3 is 4.98 Å². The van der Waals surface area contributed by atoms with E-state index in [4.69, 9.17) is 0 Å². The van der Waals surface area contributed by atoms with Crippen LogP contribution in [-0.2, 0) is 16.4 Å². The summed E-state index contributed by atoms with van der Waals surface area (Å²) in [6.07, 6.45) is 4.24. The SMILES string of the molecule is CC(CCc1ccccc1)NS(=O)(=O)c1cnc[nH]1. The number of hydrogen-bond acceptors (Lipinski definition) is 3. The molecule has 5 nitrogen and oxygen atoms in total. The Morgan fingerprint density at radius 1 is 1.32 bits per heavy atom. The van der Waals surface area contributed by atoms with Gasteiger partial charge in [0.2, 0.25) is 0 Å². The van der Waals surface area contributed by atoms with Crippen molar-refractivity contribution in [2.45, 2.75) is 30.8 Å². The molecule has 1 heterocycles. The first kappa shape index (κ1) is 13.8. The van der Waals surface area contributed by atoms with Crippen molar-refractivity contribution in [3.63, 3.8) is 0 Å². The van der Waals surface area contributed by atoms with Crippen LogP contribution < -0.4 is 4.72 Å². The Balaban J connectivity index is 1.90. The summed E-state index contributed by atoms with van der Waals surface area (Å²) in [4.78, 5) is 6.31. The Morgan fingerprint density at radius 2 is 2.05 bits per heavy atom. The third-order valence-corrected chi connectivity index (χ3v) is 4.34. The van der Waals surface area contributed by atoms with Gasteiger partial charge >= 0.3 is 0 Å². The third-order valence-electron chi connectivity index (χ3n) is 2.83. The zero-order valence-corrected chi connectivity index (χ0v) is 11.5. The van der Waals surface area contributed by atoms with E-state index < -0.39 is 10.0 Å². The minimum absolute atomic E-state index is 0.0964. The molecule has 1 aromatic carbocycles. The van der Waals surface area contributed by atoms with Gasteiger partial charge in [-0.05, 0) is 25.3 Å². The second-order valence-corrected chi connectivity index (χ2v) is 6.14. The molecular formula is C13H17N3O2S. The summed E-state index contributed by atoms with van der Waals surface area (Å²) in [7, 11) is -3.49. The van der Waals surface area contributed by atoms with Crippen molar-refractivity contribution in [2.24, 2.45) is 0 Å². The number of imidazole rings is 1. The van der Waals surface area contributed by atoms with Gasteiger partial charge in [-0.3, -0.25) is 0 Å². The number of sulfonamides is 1. The Kier molecular flexibility index (Phi) is 4.34. The van der Waals surface area contributed by atoms with Gasteiger partial charge in [-0.25, -0.2) is 18.1 Å². The Hall–Kier alpha value is -1.66. The lowest BCUT2D eigenvalue weighted by atomic mass is 10.1. The Bertz CT molecular complexity index is 594. The van der Waals surface area contributed by atoms with Crippen LogP contribution in [0.3, 0.4) is 0 Å². The minimum atomic E-state index is -3.49. The Morgan fingerprint density at radius 3 is 2.68 bits per heavy atom. The normalized spacial score (nSPS) is 13.3. The number of nitrogens with one attached hydrogen (secondary N) is 2. The summed E-state index contributed by atoms with van der Waals surface area (Å²) in [5, 5.41) is 0.0964. The molecule has 2 aromatic rings. The van der Waals surface area contributed by atoms with Gasteiger partial charge in [0.25, 0.3) is 10.0 Å². The van der Waals surface area contributed by atoms with Crippen molar-refractivity contribution in [3.8, 4) is 0 Å². The van der Waals surface area contributed by atoms with Gasteiger partial charge in [-0.1, -0.05) is 30.3 Å². The smallest absolute Gasteiger partial charge is 0.257 e. The highest BCUT2D eigenvalue weighted by molar-refractivity contribution is 7.89. The molecule has 102 valence electrons. The maximum absolute atomic E-state index is 11.9. The van der Waals surface area contributed by atoms with E-state index in [1.54, 1.807) is 0 Å². The van der Waals surface area contributed by atoms with Crippen LogP contribution in [0, 0.1) is 0 Å². The second-order valence-electron chi connectivity index (χ2n) is 4.46. The summed E-state index contributed by atoms with van der Waals surface area (Å²) in [6, 6.07) is 9.87. The van der Waals surface area contributed by atoms with E-state index in [0.29, 0.717) is 0 Å². The van der Waals surface area contributed by atoms with Gasteiger partial charge in [-0.15, -0.1) is 0 Å². The second kappa shape index (κ2) is 5.99. The van der Waals surface area contributed by atoms with Crippen LogP contribution in [0.15, 0.2) is 47.9 Å². The average Bonchev–Trinajstić information content (AvgIpc) is 2.92. The molecule has 2 rings (SSSR count). The lowest BCUT2D eigenvalue weighted by molar-refractivity contribution is 0.544.